The summed E-state index contributed by atoms with van der Waals surface area (Å²) in [5.74, 6) is -5.11. The van der Waals surface area contributed by atoms with Crippen molar-refractivity contribution in [2.45, 2.75) is 154 Å². The summed E-state index contributed by atoms with van der Waals surface area (Å²) in [5, 5.41) is 44.7. The topological polar surface area (TPSA) is 264 Å². The predicted molar refractivity (Wildman–Crippen MR) is 252 cm³/mol. The van der Waals surface area contributed by atoms with Gasteiger partial charge in [0.2, 0.25) is 41.4 Å². The van der Waals surface area contributed by atoms with Crippen LogP contribution in [0.4, 0.5) is 0 Å². The quantitative estimate of drug-likeness (QED) is 0.0501. The van der Waals surface area contributed by atoms with Crippen molar-refractivity contribution in [1.82, 2.24) is 36.4 Å². The number of nitrogens with one attached hydrogen (secondary N) is 5. The van der Waals surface area contributed by atoms with Crippen LogP contribution in [-0.2, 0) is 44.8 Å². The number of carbonyl (C=O) groups is 8. The van der Waals surface area contributed by atoms with E-state index in [2.05, 4.69) is 33.5 Å². The SMILES string of the molecule is CCCCCCCCCCCCCCCC(=O)N(C)[C@H](CO)C(=O)N[C@H](C)C(=O)NCC(=O)N(C)[C@@H]1C(=O)N[C@@H](C)C(=O)N[C@H](CC(=O)NCC=O)Cc2ccc(O)c(c2)-c2cc1ccc2O. The summed E-state index contributed by atoms with van der Waals surface area (Å²) in [6.45, 7) is 3.44. The van der Waals surface area contributed by atoms with Crippen LogP contribution in [0.1, 0.15) is 134 Å². The second-order valence-corrected chi connectivity index (χ2v) is 17.5. The van der Waals surface area contributed by atoms with Gasteiger partial charge in [-0.25, -0.2) is 0 Å². The highest BCUT2D eigenvalue weighted by Crippen LogP contribution is 2.38. The van der Waals surface area contributed by atoms with Gasteiger partial charge in [-0.1, -0.05) is 96.1 Å². The number of likely N-dealkylation sites (N-methyl/N-ethyl adjacent to an activating group) is 2. The second kappa shape index (κ2) is 28.9. The fraction of sp³-hybridized carbons (Fsp3) is 0.592. The fourth-order valence-corrected chi connectivity index (χ4v) is 8.00. The zero-order chi connectivity index (χ0) is 49.5. The van der Waals surface area contributed by atoms with Crippen molar-refractivity contribution in [3.63, 3.8) is 0 Å². The molecule has 4 bridgehead atoms. The van der Waals surface area contributed by atoms with Crippen LogP contribution in [0, 0.1) is 0 Å². The number of aliphatic hydroxyl groups excluding tert-OH is 1. The predicted octanol–water partition coefficient (Wildman–Crippen LogP) is 3.44. The van der Waals surface area contributed by atoms with E-state index in [0.29, 0.717) is 18.3 Å². The van der Waals surface area contributed by atoms with E-state index in [1.54, 1.807) is 12.1 Å². The molecule has 0 aliphatic carbocycles. The molecule has 3 rings (SSSR count). The first-order valence-corrected chi connectivity index (χ1v) is 23.7. The number of amides is 7. The summed E-state index contributed by atoms with van der Waals surface area (Å²) in [7, 11) is 2.72. The van der Waals surface area contributed by atoms with Crippen LogP contribution in [-0.4, -0.2) is 131 Å². The molecule has 0 fully saturated rings. The first-order chi connectivity index (χ1) is 32.0. The maximum absolute atomic E-state index is 14.1. The molecule has 5 atom stereocenters. The number of phenolic OH excluding ortho intramolecular Hbond substituents is 2. The van der Waals surface area contributed by atoms with E-state index in [-0.39, 0.29) is 59.9 Å². The Kier molecular flexibility index (Phi) is 23.8. The van der Waals surface area contributed by atoms with Crippen molar-refractivity contribution in [2.75, 3.05) is 33.8 Å². The highest BCUT2D eigenvalue weighted by Gasteiger charge is 2.34. The molecule has 18 heteroatoms. The van der Waals surface area contributed by atoms with Gasteiger partial charge in [-0.2, -0.15) is 0 Å². The zero-order valence-corrected chi connectivity index (χ0v) is 39.9. The Morgan fingerprint density at radius 2 is 1.36 bits per heavy atom. The summed E-state index contributed by atoms with van der Waals surface area (Å²) in [5.41, 5.74) is 1.01. The number of unbranched alkanes of at least 4 members (excludes halogenated alkanes) is 12. The summed E-state index contributed by atoms with van der Waals surface area (Å²) in [4.78, 5) is 106. The first kappa shape index (κ1) is 55.3. The van der Waals surface area contributed by atoms with Gasteiger partial charge in [0.15, 0.2) is 0 Å². The van der Waals surface area contributed by atoms with E-state index < -0.39 is 78.8 Å². The normalized spacial score (nSPS) is 16.8. The molecule has 2 aromatic rings. The average molecular weight is 936 g/mol. The van der Waals surface area contributed by atoms with E-state index in [4.69, 9.17) is 0 Å². The van der Waals surface area contributed by atoms with E-state index in [1.807, 2.05) is 0 Å². The molecule has 8 N–H and O–H groups in total. The highest BCUT2D eigenvalue weighted by molar-refractivity contribution is 5.96. The van der Waals surface area contributed by atoms with Gasteiger partial charge in [-0.05, 0) is 62.1 Å². The fourth-order valence-electron chi connectivity index (χ4n) is 8.00. The van der Waals surface area contributed by atoms with Gasteiger partial charge < -0.3 is 56.5 Å². The molecule has 1 aliphatic heterocycles. The molecule has 1 aliphatic rings. The molecular weight excluding hydrogens is 863 g/mol. The Morgan fingerprint density at radius 1 is 0.776 bits per heavy atom. The first-order valence-electron chi connectivity index (χ1n) is 23.7. The van der Waals surface area contributed by atoms with E-state index in [1.165, 1.54) is 115 Å². The van der Waals surface area contributed by atoms with Crippen molar-refractivity contribution in [3.8, 4) is 22.6 Å². The van der Waals surface area contributed by atoms with E-state index in [0.717, 1.165) is 24.2 Å². The standard InChI is InChI=1S/C49H73N7O11/c1-6-7-8-9-10-11-12-13-14-15-16-17-18-19-43(62)55(4)39(31-58)48(66)52-32(2)46(64)51-30-44(63)56(5)45-35-21-23-41(60)38(28-35)37-27-34(20-22-40(37)59)26-36(29-42(61)50-24-25-57)54-47(65)33(3)53-49(45)67/h20-23,25,27-28,32-33,36,39,45,58-60H,6-19,24,26,29-31H2,1-5H3,(H,50,61)(H,51,64)(H,52,66)(H,53,67)(H,54,65)/t32-,33+,36+,39-,45+/m1/s1. The van der Waals surface area contributed by atoms with Crippen LogP contribution in [0.3, 0.4) is 0 Å². The maximum Gasteiger partial charge on any atom is 0.248 e. The van der Waals surface area contributed by atoms with Crippen molar-refractivity contribution in [3.05, 3.63) is 47.5 Å². The molecule has 0 radical (unpaired) electrons. The number of rotatable bonds is 26. The van der Waals surface area contributed by atoms with Gasteiger partial charge >= 0.3 is 0 Å². The van der Waals surface area contributed by atoms with Crippen LogP contribution in [0.2, 0.25) is 0 Å². The number of aldehydes is 1. The molecule has 18 nitrogen and oxygen atoms in total. The highest BCUT2D eigenvalue weighted by atomic mass is 16.3. The zero-order valence-electron chi connectivity index (χ0n) is 39.9. The molecule has 0 aromatic heterocycles. The van der Waals surface area contributed by atoms with Gasteiger partial charge in [-0.15, -0.1) is 0 Å². The molecule has 7 amide bonds. The summed E-state index contributed by atoms with van der Waals surface area (Å²) < 4.78 is 0. The lowest BCUT2D eigenvalue weighted by Crippen LogP contribution is -2.55. The Hall–Kier alpha value is -6.04. The van der Waals surface area contributed by atoms with E-state index >= 15 is 0 Å². The number of carbonyl (C=O) groups excluding carboxylic acids is 8. The third-order valence-electron chi connectivity index (χ3n) is 12.1. The number of phenols is 2. The van der Waals surface area contributed by atoms with Crippen LogP contribution in [0.15, 0.2) is 36.4 Å². The number of aromatic hydroxyl groups is 2. The summed E-state index contributed by atoms with van der Waals surface area (Å²) >= 11 is 0. The maximum atomic E-state index is 14.1. The van der Waals surface area contributed by atoms with Crippen molar-refractivity contribution in [2.24, 2.45) is 0 Å². The molecule has 0 spiro atoms. The van der Waals surface area contributed by atoms with Crippen molar-refractivity contribution in [1.29, 1.82) is 0 Å². The lowest BCUT2D eigenvalue weighted by atomic mass is 9.93. The van der Waals surface area contributed by atoms with Crippen LogP contribution >= 0.6 is 0 Å². The third kappa shape index (κ3) is 17.9. The Morgan fingerprint density at radius 3 is 1.96 bits per heavy atom. The average Bonchev–Trinajstić information content (AvgIpc) is 3.29. The molecule has 67 heavy (non-hydrogen) atoms. The van der Waals surface area contributed by atoms with Gasteiger partial charge in [0.1, 0.15) is 42.0 Å². The van der Waals surface area contributed by atoms with Gasteiger partial charge in [-0.3, -0.25) is 33.6 Å². The van der Waals surface area contributed by atoms with Crippen LogP contribution in [0.25, 0.3) is 11.1 Å². The third-order valence-corrected chi connectivity index (χ3v) is 12.1. The minimum absolute atomic E-state index is 0.0980. The lowest BCUT2D eigenvalue weighted by Gasteiger charge is -2.30. The van der Waals surface area contributed by atoms with Gasteiger partial charge in [0.05, 0.1) is 19.7 Å². The lowest BCUT2D eigenvalue weighted by molar-refractivity contribution is -0.142. The minimum atomic E-state index is -1.45. The molecule has 0 saturated heterocycles. The van der Waals surface area contributed by atoms with Gasteiger partial charge in [0, 0.05) is 44.1 Å². The number of benzene rings is 2. The van der Waals surface area contributed by atoms with Crippen molar-refractivity contribution >= 4 is 47.6 Å². The van der Waals surface area contributed by atoms with E-state index in [9.17, 15) is 53.7 Å². The minimum Gasteiger partial charge on any atom is -0.507 e. The number of aliphatic hydroxyl groups is 1. The number of hydrogen-bond donors (Lipinski definition) is 8. The molecule has 0 unspecified atom stereocenters. The number of nitrogens with zero attached hydrogens (tertiary/aromatic N) is 2. The molecule has 1 heterocycles. The second-order valence-electron chi connectivity index (χ2n) is 17.5. The summed E-state index contributed by atoms with van der Waals surface area (Å²) in [6, 6.07) is 2.70. The van der Waals surface area contributed by atoms with Crippen LogP contribution < -0.4 is 26.6 Å². The summed E-state index contributed by atoms with van der Waals surface area (Å²) in [6.07, 6.45) is 15.7. The Labute approximate surface area is 394 Å². The number of fused-ring (bicyclic) bond motifs is 5. The molecular formula is C49H73N7O11. The molecule has 0 saturated carbocycles. The van der Waals surface area contributed by atoms with Crippen molar-refractivity contribution < 1.29 is 53.7 Å². The monoisotopic (exact) mass is 936 g/mol. The van der Waals surface area contributed by atoms with Gasteiger partial charge in [0.25, 0.3) is 0 Å². The largest absolute Gasteiger partial charge is 0.507 e. The Balaban J connectivity index is 1.63. The molecule has 370 valence electrons. The number of hydrogen-bond acceptors (Lipinski definition) is 11. The smallest absolute Gasteiger partial charge is 0.248 e. The Bertz CT molecular complexity index is 2000. The molecule has 2 aromatic carbocycles. The van der Waals surface area contributed by atoms with Crippen LogP contribution in [0.5, 0.6) is 11.5 Å².